The molecule has 1 spiro atoms. The van der Waals surface area contributed by atoms with E-state index < -0.39 is 29.2 Å². The molecule has 6 aliphatic rings. The van der Waals surface area contributed by atoms with E-state index in [1.165, 1.54) is 6.07 Å². The van der Waals surface area contributed by atoms with Crippen LogP contribution in [0.2, 0.25) is 10.0 Å². The summed E-state index contributed by atoms with van der Waals surface area (Å²) in [7, 11) is 0. The normalized spacial score (nSPS) is 31.6. The number of nitrogens with one attached hydrogen (secondary N) is 1. The van der Waals surface area contributed by atoms with E-state index >= 15 is 4.39 Å². The van der Waals surface area contributed by atoms with Crippen LogP contribution in [0, 0.1) is 28.0 Å². The van der Waals surface area contributed by atoms with Crippen LogP contribution in [0.1, 0.15) is 72.3 Å². The van der Waals surface area contributed by atoms with E-state index in [0.717, 1.165) is 30.3 Å². The summed E-state index contributed by atoms with van der Waals surface area (Å²) in [5.41, 5.74) is 1.43. The maximum absolute atomic E-state index is 16.4. The zero-order chi connectivity index (χ0) is 31.0. The Balaban J connectivity index is 0.00000312. The topological polar surface area (TPSA) is 111 Å². The number of amides is 1. The third-order valence-corrected chi connectivity index (χ3v) is 11.8. The third kappa shape index (κ3) is 3.55. The van der Waals surface area contributed by atoms with E-state index in [0.29, 0.717) is 47.1 Å². The molecule has 8 nitrogen and oxygen atoms in total. The molecule has 4 aromatic rings. The van der Waals surface area contributed by atoms with Gasteiger partial charge in [0.05, 0.1) is 33.1 Å². The van der Waals surface area contributed by atoms with Gasteiger partial charge in [-0.25, -0.2) is 14.2 Å². The number of imidazole rings is 1. The van der Waals surface area contributed by atoms with Gasteiger partial charge in [0.15, 0.2) is 0 Å². The summed E-state index contributed by atoms with van der Waals surface area (Å²) in [4.78, 5) is 33.9. The third-order valence-electron chi connectivity index (χ3n) is 11.2. The summed E-state index contributed by atoms with van der Waals surface area (Å²) in [5.74, 6) is -2.34. The van der Waals surface area contributed by atoms with E-state index in [4.69, 9.17) is 28.2 Å². The van der Waals surface area contributed by atoms with Gasteiger partial charge in [0.25, 0.3) is 0 Å². The van der Waals surface area contributed by atoms with Crippen molar-refractivity contribution in [3.8, 4) is 6.07 Å². The molecule has 11 heteroatoms. The number of aromatic nitrogens is 2. The van der Waals surface area contributed by atoms with E-state index in [9.17, 15) is 20.0 Å². The van der Waals surface area contributed by atoms with E-state index in [2.05, 4.69) is 20.9 Å². The number of rotatable bonds is 4. The van der Waals surface area contributed by atoms with Crippen LogP contribution >= 0.6 is 23.2 Å². The molecule has 2 N–H and O–H groups in total. The Labute approximate surface area is 274 Å². The molecular weight excluding hydrogens is 628 g/mol. The molecule has 3 aliphatic carbocycles. The summed E-state index contributed by atoms with van der Waals surface area (Å²) in [6.45, 7) is 1.18. The van der Waals surface area contributed by atoms with Crippen molar-refractivity contribution >= 4 is 51.8 Å². The van der Waals surface area contributed by atoms with E-state index in [1.807, 2.05) is 6.07 Å². The van der Waals surface area contributed by atoms with Gasteiger partial charge in [-0.05, 0) is 73.1 Å². The zero-order valence-corrected chi connectivity index (χ0v) is 25.4. The molecule has 0 radical (unpaired) electrons. The quantitative estimate of drug-likeness (QED) is 0.238. The number of aromatic carboxylic acids is 1. The summed E-state index contributed by atoms with van der Waals surface area (Å²) in [5, 5.41) is 23.0. The van der Waals surface area contributed by atoms with Crippen LogP contribution < -0.4 is 5.32 Å². The van der Waals surface area contributed by atoms with E-state index in [1.54, 1.807) is 42.5 Å². The monoisotopic (exact) mass is 657 g/mol. The highest BCUT2D eigenvalue weighted by molar-refractivity contribution is 6.31. The maximum Gasteiger partial charge on any atom is 0.335 e. The number of nitriles is 1. The maximum atomic E-state index is 16.4. The van der Waals surface area contributed by atoms with Crippen LogP contribution in [0.25, 0.3) is 11.0 Å². The first-order chi connectivity index (χ1) is 21.6. The molecule has 2 bridgehead atoms. The Bertz CT molecular complexity index is 2050. The number of hydrogen-bond acceptors (Lipinski definition) is 5. The molecule has 1 amide bonds. The van der Waals surface area contributed by atoms with Gasteiger partial charge in [-0.1, -0.05) is 48.8 Å². The Kier molecular flexibility index (Phi) is 6.10. The number of aryl methyl sites for hydroxylation is 1. The predicted octanol–water partition coefficient (Wildman–Crippen LogP) is 7.31. The number of fused-ring (bicyclic) bond motifs is 7. The second-order valence-corrected chi connectivity index (χ2v) is 14.4. The van der Waals surface area contributed by atoms with Crippen LogP contribution in [-0.4, -0.2) is 44.0 Å². The van der Waals surface area contributed by atoms with Crippen LogP contribution in [-0.2, 0) is 16.9 Å². The second kappa shape index (κ2) is 9.54. The van der Waals surface area contributed by atoms with Crippen LogP contribution in [0.3, 0.4) is 0 Å². The van der Waals surface area contributed by atoms with Crippen molar-refractivity contribution in [2.24, 2.45) is 10.8 Å². The number of nitrogens with zero attached hydrogens (tertiary/aromatic N) is 4. The van der Waals surface area contributed by atoms with Gasteiger partial charge in [0.1, 0.15) is 17.2 Å². The van der Waals surface area contributed by atoms with Gasteiger partial charge in [0.2, 0.25) is 5.91 Å². The van der Waals surface area contributed by atoms with Gasteiger partial charge in [0, 0.05) is 47.2 Å². The minimum absolute atomic E-state index is 0. The fourth-order valence-corrected chi connectivity index (χ4v) is 10.1. The number of halogens is 3. The Hall–Kier alpha value is -3.97. The molecule has 46 heavy (non-hydrogen) atoms. The second-order valence-electron chi connectivity index (χ2n) is 13.6. The lowest BCUT2D eigenvalue weighted by Crippen LogP contribution is -2.67. The fourth-order valence-electron chi connectivity index (χ4n) is 9.76. The van der Waals surface area contributed by atoms with Crippen molar-refractivity contribution in [3.63, 3.8) is 0 Å². The minimum Gasteiger partial charge on any atom is -0.478 e. The van der Waals surface area contributed by atoms with Gasteiger partial charge >= 0.3 is 5.97 Å². The number of anilines is 1. The highest BCUT2D eigenvalue weighted by atomic mass is 35.5. The van der Waals surface area contributed by atoms with E-state index in [-0.39, 0.29) is 40.8 Å². The highest BCUT2D eigenvalue weighted by Crippen LogP contribution is 2.75. The number of carboxylic acid groups (broad SMARTS) is 1. The number of benzene rings is 3. The Morgan fingerprint density at radius 3 is 2.67 bits per heavy atom. The van der Waals surface area contributed by atoms with Crippen molar-refractivity contribution in [1.82, 2.24) is 14.5 Å². The Morgan fingerprint density at radius 2 is 1.93 bits per heavy atom. The molecule has 1 saturated heterocycles. The zero-order valence-electron chi connectivity index (χ0n) is 23.9. The van der Waals surface area contributed by atoms with Gasteiger partial charge in [-0.15, -0.1) is 0 Å². The average Bonchev–Trinajstić information content (AvgIpc) is 3.58. The van der Waals surface area contributed by atoms with Crippen molar-refractivity contribution in [2.75, 3.05) is 11.9 Å². The van der Waals surface area contributed by atoms with Crippen LogP contribution in [0.15, 0.2) is 54.6 Å². The number of carbonyl (C=O) groups is 2. The molecule has 3 aliphatic heterocycles. The number of likely N-dealkylation sites (tertiary alicyclic amines) is 1. The minimum atomic E-state index is -1.31. The van der Waals surface area contributed by atoms with Crippen molar-refractivity contribution in [3.05, 3.63) is 93.0 Å². The smallest absolute Gasteiger partial charge is 0.335 e. The molecule has 0 unspecified atom stereocenters. The van der Waals surface area contributed by atoms with Crippen LogP contribution in [0.4, 0.5) is 10.1 Å². The summed E-state index contributed by atoms with van der Waals surface area (Å²) >= 11 is 12.8. The lowest BCUT2D eigenvalue weighted by atomic mass is 9.35. The van der Waals surface area contributed by atoms with Gasteiger partial charge in [-0.3, -0.25) is 9.69 Å². The van der Waals surface area contributed by atoms with Crippen LogP contribution in [0.5, 0.6) is 0 Å². The number of carboxylic acids is 1. The van der Waals surface area contributed by atoms with Gasteiger partial charge in [-0.2, -0.15) is 5.26 Å². The molecular formula is C35H30Cl2FN5O3. The van der Waals surface area contributed by atoms with Crippen molar-refractivity contribution < 1.29 is 19.1 Å². The lowest BCUT2D eigenvalue weighted by Gasteiger charge is -2.69. The molecule has 4 atom stereocenters. The molecule has 3 saturated carbocycles. The fraction of sp³-hybridized carbons (Fsp3) is 0.371. The lowest BCUT2D eigenvalue weighted by molar-refractivity contribution is -0.188. The first-order valence-corrected chi connectivity index (χ1v) is 15.8. The highest BCUT2D eigenvalue weighted by Gasteiger charge is 2.74. The number of hydrogen-bond donors (Lipinski definition) is 2. The number of carbonyl (C=O) groups excluding carboxylic acids is 1. The molecule has 4 fully saturated rings. The first kappa shape index (κ1) is 29.4. The molecule has 234 valence electrons. The van der Waals surface area contributed by atoms with Crippen molar-refractivity contribution in [1.29, 1.82) is 5.26 Å². The SMILES string of the molecule is C.N#CC12CC(CN3[C@H]4CCn5c(nc6cc(C(=O)O)ccc65)[C@H]4[C@H](c4cccc(Cl)c4F)[C@]34C(=O)Nc3cc(Cl)ccc34)(C1)C2. The first-order valence-electron chi connectivity index (χ1n) is 15.1. The molecule has 4 heterocycles. The molecule has 1 aromatic heterocycles. The summed E-state index contributed by atoms with van der Waals surface area (Å²) < 4.78 is 18.4. The van der Waals surface area contributed by atoms with Crippen molar-refractivity contribution in [2.45, 2.75) is 63.1 Å². The molecule has 10 rings (SSSR count). The average molecular weight is 659 g/mol. The molecule has 3 aromatic carbocycles. The van der Waals surface area contributed by atoms with Gasteiger partial charge < -0.3 is 15.0 Å². The Morgan fingerprint density at radius 1 is 1.15 bits per heavy atom. The predicted molar refractivity (Wildman–Crippen MR) is 172 cm³/mol. The standard InChI is InChI=1S/C34H26Cl2FN5O3.CH4/c35-18-5-6-20-22(11-18)40-31(45)34(20)27(19-2-1-3-21(36)28(19)37)26-25(42(34)16-33-12-32(13-33,14-33)15-38)8-9-41-24-7-4-17(30(43)44)10-23(24)39-29(26)41;/h1-7,10-11,25-27H,8-9,12-14,16H2,(H,40,45)(H,43,44);1H4/t25-,26+,27-,32?,33?,34+;/m0./s1. The largest absolute Gasteiger partial charge is 0.478 e. The summed E-state index contributed by atoms with van der Waals surface area (Å²) in [6, 6.07) is 17.5. The summed E-state index contributed by atoms with van der Waals surface area (Å²) in [6.07, 6.45) is 3.01.